The van der Waals surface area contributed by atoms with Gasteiger partial charge >= 0.3 is 6.61 Å². The monoisotopic (exact) mass is 461 g/mol. The highest BCUT2D eigenvalue weighted by molar-refractivity contribution is 7.94. The van der Waals surface area contributed by atoms with E-state index < -0.39 is 21.4 Å². The molecule has 6 nitrogen and oxygen atoms in total. The third kappa shape index (κ3) is 3.48. The minimum absolute atomic E-state index is 0.0930. The predicted molar refractivity (Wildman–Crippen MR) is 121 cm³/mol. The molecule has 9 heteroatoms. The first-order chi connectivity index (χ1) is 15.2. The molecule has 2 fully saturated rings. The number of anilines is 2. The number of nitrogens with two attached hydrogens (primary N) is 1. The topological polar surface area (TPSA) is 86.3 Å². The van der Waals surface area contributed by atoms with Crippen LogP contribution >= 0.6 is 0 Å². The Balaban J connectivity index is 1.55. The Labute approximate surface area is 185 Å². The number of nitrogens with one attached hydrogen (secondary N) is 1. The van der Waals surface area contributed by atoms with Crippen molar-refractivity contribution in [3.63, 3.8) is 0 Å². The van der Waals surface area contributed by atoms with E-state index in [2.05, 4.69) is 14.0 Å². The average molecular weight is 462 g/mol. The molecule has 0 amide bonds. The number of alkyl halides is 2. The molecule has 5 rings (SSSR count). The molecule has 0 unspecified atom stereocenters. The van der Waals surface area contributed by atoms with E-state index in [0.29, 0.717) is 24.2 Å². The van der Waals surface area contributed by atoms with Gasteiger partial charge in [-0.3, -0.25) is 4.72 Å². The second-order valence-corrected chi connectivity index (χ2v) is 11.1. The number of nitrogen functional groups attached to an aromatic ring is 1. The number of aromatic nitrogens is 1. The number of fused-ring (bicyclic) bond motifs is 1. The molecule has 170 valence electrons. The van der Waals surface area contributed by atoms with Gasteiger partial charge in [0.2, 0.25) is 10.0 Å². The van der Waals surface area contributed by atoms with Gasteiger partial charge in [0, 0.05) is 28.7 Å². The van der Waals surface area contributed by atoms with E-state index in [4.69, 9.17) is 5.73 Å². The van der Waals surface area contributed by atoms with Crippen LogP contribution in [-0.4, -0.2) is 24.3 Å². The largest absolute Gasteiger partial charge is 0.435 e. The summed E-state index contributed by atoms with van der Waals surface area (Å²) in [6.07, 6.45) is 4.38. The van der Waals surface area contributed by atoms with E-state index in [1.807, 2.05) is 12.1 Å². The fourth-order valence-corrected chi connectivity index (χ4v) is 5.56. The van der Waals surface area contributed by atoms with E-state index in [1.165, 1.54) is 6.07 Å². The molecule has 0 atom stereocenters. The Morgan fingerprint density at radius 3 is 2.41 bits per heavy atom. The van der Waals surface area contributed by atoms with Crippen LogP contribution in [0, 0.1) is 0 Å². The lowest BCUT2D eigenvalue weighted by Gasteiger charge is -2.30. The van der Waals surface area contributed by atoms with Crippen molar-refractivity contribution < 1.29 is 21.9 Å². The fourth-order valence-electron chi connectivity index (χ4n) is 4.23. The number of ether oxygens (including phenoxy) is 1. The molecular formula is C23H25F2N3O3S. The Morgan fingerprint density at radius 2 is 1.84 bits per heavy atom. The normalized spacial score (nSPS) is 18.0. The van der Waals surface area contributed by atoms with Gasteiger partial charge in [-0.05, 0) is 63.3 Å². The van der Waals surface area contributed by atoms with Crippen molar-refractivity contribution in [1.29, 1.82) is 0 Å². The standard InChI is InChI=1S/C23H25F2N3O3S/c1-23(11-12-23)32(29,30)27-15-7-5-14(6-8-15)21-20(26)18-10-9-17(31-22(24)25)13-19(18)28(21)16-3-2-4-16/h5-10,13,16,22,27H,2-4,11-12,26H2,1H3. The average Bonchev–Trinajstić information content (AvgIpc) is 3.40. The van der Waals surface area contributed by atoms with Crippen LogP contribution in [0.15, 0.2) is 42.5 Å². The van der Waals surface area contributed by atoms with Crippen LogP contribution in [0.25, 0.3) is 22.2 Å². The summed E-state index contributed by atoms with van der Waals surface area (Å²) in [6.45, 7) is -1.15. The molecular weight excluding hydrogens is 436 g/mol. The van der Waals surface area contributed by atoms with Gasteiger partial charge < -0.3 is 15.0 Å². The molecule has 0 spiro atoms. The second kappa shape index (κ2) is 7.37. The molecule has 0 aliphatic heterocycles. The van der Waals surface area contributed by atoms with Crippen LogP contribution < -0.4 is 15.2 Å². The van der Waals surface area contributed by atoms with Gasteiger partial charge in [0.15, 0.2) is 0 Å². The van der Waals surface area contributed by atoms with Gasteiger partial charge in [0.25, 0.3) is 0 Å². The van der Waals surface area contributed by atoms with E-state index in [1.54, 1.807) is 31.2 Å². The molecule has 0 saturated heterocycles. The van der Waals surface area contributed by atoms with Crippen molar-refractivity contribution >= 4 is 32.3 Å². The summed E-state index contributed by atoms with van der Waals surface area (Å²) in [5.74, 6) is 0.0930. The molecule has 3 aromatic rings. The number of halogens is 2. The van der Waals surface area contributed by atoms with Crippen molar-refractivity contribution in [3.8, 4) is 17.0 Å². The van der Waals surface area contributed by atoms with Crippen LogP contribution in [0.4, 0.5) is 20.2 Å². The minimum Gasteiger partial charge on any atom is -0.435 e. The molecule has 1 aromatic heterocycles. The summed E-state index contributed by atoms with van der Waals surface area (Å²) in [7, 11) is -3.43. The van der Waals surface area contributed by atoms with E-state index >= 15 is 0 Å². The van der Waals surface area contributed by atoms with Crippen LogP contribution in [0.3, 0.4) is 0 Å². The molecule has 2 aliphatic rings. The van der Waals surface area contributed by atoms with Gasteiger partial charge in [-0.1, -0.05) is 12.1 Å². The number of nitrogens with zero attached hydrogens (tertiary/aromatic N) is 1. The van der Waals surface area contributed by atoms with Gasteiger partial charge in [-0.2, -0.15) is 8.78 Å². The first kappa shape index (κ1) is 21.1. The summed E-state index contributed by atoms with van der Waals surface area (Å²) in [5, 5.41) is 0.778. The van der Waals surface area contributed by atoms with Crippen LogP contribution in [-0.2, 0) is 10.0 Å². The molecule has 2 saturated carbocycles. The molecule has 3 N–H and O–H groups in total. The SMILES string of the molecule is CC1(S(=O)(=O)Nc2ccc(-c3c(N)c4ccc(OC(F)F)cc4n3C3CCC3)cc2)CC1. The number of sulfonamides is 1. The van der Waals surface area contributed by atoms with Gasteiger partial charge in [-0.25, -0.2) is 8.42 Å². The lowest BCUT2D eigenvalue weighted by atomic mass is 9.92. The Morgan fingerprint density at radius 1 is 1.16 bits per heavy atom. The quantitative estimate of drug-likeness (QED) is 0.486. The number of rotatable bonds is 7. The molecule has 1 heterocycles. The summed E-state index contributed by atoms with van der Waals surface area (Å²) < 4.78 is 59.2. The second-order valence-electron chi connectivity index (χ2n) is 8.91. The molecule has 0 radical (unpaired) electrons. The summed E-state index contributed by atoms with van der Waals surface area (Å²) in [4.78, 5) is 0. The number of hydrogen-bond donors (Lipinski definition) is 2. The Kier molecular flexibility index (Phi) is 4.85. The summed E-state index contributed by atoms with van der Waals surface area (Å²) >= 11 is 0. The van der Waals surface area contributed by atoms with Crippen LogP contribution in [0.2, 0.25) is 0 Å². The van der Waals surface area contributed by atoms with Crippen molar-refractivity contribution in [1.82, 2.24) is 4.57 Å². The fraction of sp³-hybridized carbons (Fsp3) is 0.391. The molecule has 0 bridgehead atoms. The van der Waals surface area contributed by atoms with Crippen molar-refractivity contribution in [2.75, 3.05) is 10.5 Å². The number of hydrogen-bond acceptors (Lipinski definition) is 4. The summed E-state index contributed by atoms with van der Waals surface area (Å²) in [5.41, 5.74) is 9.99. The van der Waals surface area contributed by atoms with Crippen molar-refractivity contribution in [3.05, 3.63) is 42.5 Å². The lowest BCUT2D eigenvalue weighted by Crippen LogP contribution is -2.26. The first-order valence-electron chi connectivity index (χ1n) is 10.7. The minimum atomic E-state index is -3.43. The molecule has 2 aliphatic carbocycles. The highest BCUT2D eigenvalue weighted by atomic mass is 32.2. The Bertz CT molecular complexity index is 1280. The van der Waals surface area contributed by atoms with Crippen molar-refractivity contribution in [2.24, 2.45) is 0 Å². The van der Waals surface area contributed by atoms with E-state index in [-0.39, 0.29) is 11.8 Å². The maximum atomic E-state index is 12.7. The van der Waals surface area contributed by atoms with Gasteiger partial charge in [-0.15, -0.1) is 0 Å². The predicted octanol–water partition coefficient (Wildman–Crippen LogP) is 5.51. The lowest BCUT2D eigenvalue weighted by molar-refractivity contribution is -0.0497. The maximum Gasteiger partial charge on any atom is 0.387 e. The zero-order chi connectivity index (χ0) is 22.7. The zero-order valence-corrected chi connectivity index (χ0v) is 18.5. The van der Waals surface area contributed by atoms with E-state index in [9.17, 15) is 17.2 Å². The molecule has 2 aromatic carbocycles. The smallest absolute Gasteiger partial charge is 0.387 e. The van der Waals surface area contributed by atoms with Crippen LogP contribution in [0.5, 0.6) is 5.75 Å². The highest BCUT2D eigenvalue weighted by Crippen LogP contribution is 2.46. The zero-order valence-electron chi connectivity index (χ0n) is 17.6. The molecule has 32 heavy (non-hydrogen) atoms. The Hall–Kier alpha value is -2.81. The maximum absolute atomic E-state index is 12.7. The van der Waals surface area contributed by atoms with Gasteiger partial charge in [0.1, 0.15) is 5.75 Å². The number of benzene rings is 2. The third-order valence-electron chi connectivity index (χ3n) is 6.69. The third-order valence-corrected chi connectivity index (χ3v) is 8.90. The first-order valence-corrected chi connectivity index (χ1v) is 12.2. The highest BCUT2D eigenvalue weighted by Gasteiger charge is 2.50. The van der Waals surface area contributed by atoms with Crippen molar-refractivity contribution in [2.45, 2.75) is 56.4 Å². The van der Waals surface area contributed by atoms with E-state index in [0.717, 1.165) is 41.4 Å². The summed E-state index contributed by atoms with van der Waals surface area (Å²) in [6, 6.07) is 12.2. The van der Waals surface area contributed by atoms with Gasteiger partial charge in [0.05, 0.1) is 21.6 Å². The van der Waals surface area contributed by atoms with Crippen LogP contribution in [0.1, 0.15) is 45.1 Å².